The van der Waals surface area contributed by atoms with Crippen LogP contribution in [-0.4, -0.2) is 9.38 Å². The summed E-state index contributed by atoms with van der Waals surface area (Å²) >= 11 is 1.85. The normalized spacial score (nSPS) is 13.0. The van der Waals surface area contributed by atoms with Gasteiger partial charge in [0, 0.05) is 15.5 Å². The highest BCUT2D eigenvalue weighted by Gasteiger charge is 2.46. The maximum absolute atomic E-state index is 5.39. The van der Waals surface area contributed by atoms with Gasteiger partial charge in [-0.2, -0.15) is 0 Å². The van der Waals surface area contributed by atoms with Gasteiger partial charge in [0.05, 0.1) is 26.8 Å². The molecule has 3 aromatic heterocycles. The Hall–Kier alpha value is -8.11. The molecule has 0 aliphatic heterocycles. The molecule has 14 rings (SSSR count). The van der Waals surface area contributed by atoms with E-state index in [1.165, 1.54) is 97.4 Å². The van der Waals surface area contributed by atoms with Gasteiger partial charge >= 0.3 is 0 Å². The minimum absolute atomic E-state index is 0.397. The second-order valence-corrected chi connectivity index (χ2v) is 18.5. The van der Waals surface area contributed by atoms with E-state index in [-0.39, 0.29) is 0 Å². The largest absolute Gasteiger partial charge is 0.291 e. The lowest BCUT2D eigenvalue weighted by Gasteiger charge is -2.33. The third kappa shape index (κ3) is 5.31. The zero-order valence-corrected chi connectivity index (χ0v) is 36.1. The molecule has 10 aromatic carbocycles. The first-order valence-electron chi connectivity index (χ1n) is 22.4. The summed E-state index contributed by atoms with van der Waals surface area (Å²) in [6.07, 6.45) is 0. The fourth-order valence-electron chi connectivity index (χ4n) is 11.1. The molecule has 0 radical (unpaired) electrons. The maximum Gasteiger partial charge on any atom is 0.156 e. The van der Waals surface area contributed by atoms with Crippen molar-refractivity contribution in [1.82, 2.24) is 9.38 Å². The molecule has 0 spiro atoms. The Morgan fingerprint density at radius 3 is 1.69 bits per heavy atom. The Labute approximate surface area is 380 Å². The molecule has 0 N–H and O–H groups in total. The van der Waals surface area contributed by atoms with Crippen molar-refractivity contribution in [2.45, 2.75) is 5.41 Å². The molecule has 13 aromatic rings. The van der Waals surface area contributed by atoms with Crippen LogP contribution < -0.4 is 0 Å². The standard InChI is InChI=1S/C62H38N2S/c1-3-16-47(17-4-1)62(48-18-5-2-6-19-48)53-22-12-11-21-50(53)51-35-46(31-33-54(51)62)41-25-23-39(24-26-41)40-27-29-43(30-28-40)56-38-52-59-49-20-10-9-13-42(49)32-34-58(59)65-60(52)61-63-55-36-44-14-7-8-15-45(44)37-57(55)64(56)61/h1-38H. The lowest BCUT2D eigenvalue weighted by molar-refractivity contribution is 0.768. The number of thiophene rings is 1. The molecule has 2 nitrogen and oxygen atoms in total. The van der Waals surface area contributed by atoms with Crippen LogP contribution >= 0.6 is 11.3 Å². The van der Waals surface area contributed by atoms with Crippen LogP contribution in [0.5, 0.6) is 0 Å². The van der Waals surface area contributed by atoms with Crippen LogP contribution in [0.3, 0.4) is 0 Å². The van der Waals surface area contributed by atoms with Crippen molar-refractivity contribution >= 4 is 69.7 Å². The molecule has 3 heterocycles. The third-order valence-electron chi connectivity index (χ3n) is 14.1. The molecule has 0 unspecified atom stereocenters. The Morgan fingerprint density at radius 2 is 0.969 bits per heavy atom. The van der Waals surface area contributed by atoms with Crippen LogP contribution in [0.4, 0.5) is 0 Å². The van der Waals surface area contributed by atoms with Crippen molar-refractivity contribution in [3.05, 3.63) is 253 Å². The molecule has 0 saturated heterocycles. The number of pyridine rings is 1. The number of imidazole rings is 1. The van der Waals surface area contributed by atoms with Gasteiger partial charge in [-0.1, -0.05) is 200 Å². The van der Waals surface area contributed by atoms with Crippen molar-refractivity contribution in [1.29, 1.82) is 0 Å². The van der Waals surface area contributed by atoms with Gasteiger partial charge in [0.2, 0.25) is 0 Å². The summed E-state index contributed by atoms with van der Waals surface area (Å²) in [5.74, 6) is 0. The van der Waals surface area contributed by atoms with E-state index in [2.05, 4.69) is 235 Å². The number of rotatable bonds is 5. The summed E-state index contributed by atoms with van der Waals surface area (Å²) in [4.78, 5) is 5.39. The van der Waals surface area contributed by atoms with Gasteiger partial charge in [0.25, 0.3) is 0 Å². The molecule has 65 heavy (non-hydrogen) atoms. The fraction of sp³-hybridized carbons (Fsp3) is 0.0161. The highest BCUT2D eigenvalue weighted by atomic mass is 32.1. The van der Waals surface area contributed by atoms with E-state index < -0.39 is 5.41 Å². The van der Waals surface area contributed by atoms with Gasteiger partial charge in [-0.3, -0.25) is 4.40 Å². The second-order valence-electron chi connectivity index (χ2n) is 17.4. The quantitative estimate of drug-likeness (QED) is 0.169. The molecule has 0 saturated carbocycles. The van der Waals surface area contributed by atoms with Gasteiger partial charge in [0.1, 0.15) is 0 Å². The summed E-state index contributed by atoms with van der Waals surface area (Å²) in [5.41, 5.74) is 17.6. The van der Waals surface area contributed by atoms with Crippen LogP contribution in [0.2, 0.25) is 0 Å². The van der Waals surface area contributed by atoms with Crippen LogP contribution in [0, 0.1) is 0 Å². The summed E-state index contributed by atoms with van der Waals surface area (Å²) < 4.78 is 4.90. The smallest absolute Gasteiger partial charge is 0.156 e. The third-order valence-corrected chi connectivity index (χ3v) is 15.2. The number of benzene rings is 10. The number of fused-ring (bicyclic) bond motifs is 13. The van der Waals surface area contributed by atoms with E-state index in [9.17, 15) is 0 Å². The molecule has 1 aliphatic rings. The van der Waals surface area contributed by atoms with Crippen LogP contribution in [0.1, 0.15) is 22.3 Å². The van der Waals surface area contributed by atoms with E-state index in [1.807, 2.05) is 11.3 Å². The topological polar surface area (TPSA) is 17.3 Å². The Balaban J connectivity index is 0.868. The van der Waals surface area contributed by atoms with Crippen molar-refractivity contribution in [3.8, 4) is 44.6 Å². The average molecular weight is 843 g/mol. The van der Waals surface area contributed by atoms with E-state index in [1.54, 1.807) is 0 Å². The summed E-state index contributed by atoms with van der Waals surface area (Å²) in [6, 6.07) is 85.1. The Kier molecular flexibility index (Phi) is 7.80. The molecular formula is C62H38N2S. The molecular weight excluding hydrogens is 805 g/mol. The van der Waals surface area contributed by atoms with Gasteiger partial charge in [0.15, 0.2) is 5.65 Å². The predicted octanol–water partition coefficient (Wildman–Crippen LogP) is 16.5. The molecule has 0 amide bonds. The van der Waals surface area contributed by atoms with Crippen molar-refractivity contribution in [3.63, 3.8) is 0 Å². The van der Waals surface area contributed by atoms with Crippen molar-refractivity contribution in [2.24, 2.45) is 0 Å². The summed E-state index contributed by atoms with van der Waals surface area (Å²) in [6.45, 7) is 0. The zero-order chi connectivity index (χ0) is 42.6. The molecule has 1 aliphatic carbocycles. The molecule has 0 fully saturated rings. The van der Waals surface area contributed by atoms with Gasteiger partial charge in [-0.05, 0) is 113 Å². The number of aromatic nitrogens is 2. The van der Waals surface area contributed by atoms with Crippen molar-refractivity contribution in [2.75, 3.05) is 0 Å². The van der Waals surface area contributed by atoms with Gasteiger partial charge < -0.3 is 0 Å². The predicted molar refractivity (Wildman–Crippen MR) is 274 cm³/mol. The maximum atomic E-state index is 5.39. The monoisotopic (exact) mass is 842 g/mol. The first-order valence-corrected chi connectivity index (χ1v) is 23.2. The van der Waals surface area contributed by atoms with Gasteiger partial charge in [-0.15, -0.1) is 11.3 Å². The van der Waals surface area contributed by atoms with Crippen LogP contribution in [0.25, 0.3) is 103 Å². The summed E-state index contributed by atoms with van der Waals surface area (Å²) in [5, 5.41) is 7.51. The van der Waals surface area contributed by atoms with E-state index in [0.717, 1.165) is 27.9 Å². The number of hydrogen-bond acceptors (Lipinski definition) is 2. The molecule has 302 valence electrons. The van der Waals surface area contributed by atoms with Crippen LogP contribution in [-0.2, 0) is 5.41 Å². The second kappa shape index (κ2) is 13.9. The Bertz CT molecular complexity index is 3990. The first-order chi connectivity index (χ1) is 32.2. The Morgan fingerprint density at radius 1 is 0.400 bits per heavy atom. The molecule has 3 heteroatoms. The lowest BCUT2D eigenvalue weighted by Crippen LogP contribution is -2.28. The average Bonchev–Trinajstić information content (AvgIpc) is 4.04. The zero-order valence-electron chi connectivity index (χ0n) is 35.2. The molecule has 0 bridgehead atoms. The van der Waals surface area contributed by atoms with Crippen molar-refractivity contribution < 1.29 is 0 Å². The van der Waals surface area contributed by atoms with Gasteiger partial charge in [-0.25, -0.2) is 4.98 Å². The van der Waals surface area contributed by atoms with E-state index >= 15 is 0 Å². The first kappa shape index (κ1) is 36.4. The van der Waals surface area contributed by atoms with Crippen LogP contribution in [0.15, 0.2) is 231 Å². The van der Waals surface area contributed by atoms with E-state index in [0.29, 0.717) is 0 Å². The highest BCUT2D eigenvalue weighted by molar-refractivity contribution is 7.26. The number of hydrogen-bond donors (Lipinski definition) is 0. The number of nitrogens with zero attached hydrogens (tertiary/aromatic N) is 2. The summed E-state index contributed by atoms with van der Waals surface area (Å²) in [7, 11) is 0. The fourth-order valence-corrected chi connectivity index (χ4v) is 12.3. The van der Waals surface area contributed by atoms with E-state index in [4.69, 9.17) is 4.98 Å². The molecule has 0 atom stereocenters. The SMILES string of the molecule is c1ccc(C2(c3ccccc3)c3ccccc3-c3cc(-c4ccc(-c5ccc(-c6cc7c(sc8ccc9ccccc9c87)c7nc8cc9ccccc9cc8n67)cc5)cc4)ccc32)cc1. The lowest BCUT2D eigenvalue weighted by atomic mass is 9.67. The minimum Gasteiger partial charge on any atom is -0.291 e. The minimum atomic E-state index is -0.397. The highest BCUT2D eigenvalue weighted by Crippen LogP contribution is 2.56.